The average molecular weight is 522 g/mol. The molecular weight excluding hydrogens is 498 g/mol. The van der Waals surface area contributed by atoms with Gasteiger partial charge < -0.3 is 9.47 Å². The van der Waals surface area contributed by atoms with Crippen LogP contribution < -0.4 is 9.47 Å². The molecule has 10 heteroatoms. The maximum atomic E-state index is 13.1. The molecule has 180 valence electrons. The van der Waals surface area contributed by atoms with E-state index in [1.807, 2.05) is 0 Å². The van der Waals surface area contributed by atoms with Crippen molar-refractivity contribution in [1.82, 2.24) is 4.31 Å². The maximum Gasteiger partial charge on any atom is 0.243 e. The molecule has 3 aromatic carbocycles. The summed E-state index contributed by atoms with van der Waals surface area (Å²) in [6.07, 6.45) is 0.447. The van der Waals surface area contributed by atoms with Crippen LogP contribution in [0.15, 0.2) is 82.6 Å². The number of halogens is 1. The summed E-state index contributed by atoms with van der Waals surface area (Å²) in [5.74, 6) is 1.50. The van der Waals surface area contributed by atoms with Gasteiger partial charge in [0.15, 0.2) is 9.84 Å². The average Bonchev–Trinajstić information content (AvgIpc) is 2.86. The Kier molecular flexibility index (Phi) is 7.18. The minimum absolute atomic E-state index is 0.121. The van der Waals surface area contributed by atoms with Crippen LogP contribution in [0.2, 0.25) is 5.02 Å². The zero-order valence-electron chi connectivity index (χ0n) is 18.4. The van der Waals surface area contributed by atoms with Crippen molar-refractivity contribution in [2.45, 2.75) is 27.9 Å². The highest BCUT2D eigenvalue weighted by molar-refractivity contribution is 7.92. The summed E-state index contributed by atoms with van der Waals surface area (Å²) in [7, 11) is -5.81. The van der Waals surface area contributed by atoms with Crippen LogP contribution in [0.25, 0.3) is 0 Å². The number of nitrogens with zero attached hydrogens (tertiary/aromatic N) is 1. The lowest BCUT2D eigenvalue weighted by Gasteiger charge is -2.31. The number of sulfonamides is 1. The summed E-state index contributed by atoms with van der Waals surface area (Å²) >= 11 is 6.10. The minimum atomic E-state index is -3.76. The predicted molar refractivity (Wildman–Crippen MR) is 130 cm³/mol. The number of hydrogen-bond donors (Lipinski definition) is 0. The monoisotopic (exact) mass is 521 g/mol. The van der Waals surface area contributed by atoms with E-state index in [0.717, 1.165) is 0 Å². The molecule has 0 bridgehead atoms. The standard InChI is InChI=1S/C24H24ClNO6S2/c1-31-18-6-10-20(11-7-18)33(27,28)21-14-16-26(17-15-21)34(29,30)22-12-8-19(9-13-22)32-24-5-3-2-4-23(24)25/h2-13,21H,14-17H2,1H3. The molecule has 0 N–H and O–H groups in total. The lowest BCUT2D eigenvalue weighted by molar-refractivity contribution is 0.345. The van der Waals surface area contributed by atoms with Gasteiger partial charge in [-0.1, -0.05) is 23.7 Å². The van der Waals surface area contributed by atoms with Crippen molar-refractivity contribution in [3.8, 4) is 17.2 Å². The van der Waals surface area contributed by atoms with Crippen molar-refractivity contribution in [1.29, 1.82) is 0 Å². The zero-order chi connectivity index (χ0) is 24.3. The Morgan fingerprint density at radius 2 is 1.35 bits per heavy atom. The molecule has 0 spiro atoms. The first-order chi connectivity index (χ1) is 16.2. The van der Waals surface area contributed by atoms with Crippen LogP contribution in [0.5, 0.6) is 17.2 Å². The van der Waals surface area contributed by atoms with Gasteiger partial charge in [0.2, 0.25) is 10.0 Å². The number of ether oxygens (including phenoxy) is 2. The molecule has 1 heterocycles. The third-order valence-corrected chi connectivity index (χ3v) is 10.3. The first-order valence-electron chi connectivity index (χ1n) is 10.6. The molecule has 0 atom stereocenters. The van der Waals surface area contributed by atoms with Crippen molar-refractivity contribution in [2.24, 2.45) is 0 Å². The van der Waals surface area contributed by atoms with Crippen LogP contribution in [0.4, 0.5) is 0 Å². The van der Waals surface area contributed by atoms with Crippen LogP contribution in [0.1, 0.15) is 12.8 Å². The van der Waals surface area contributed by atoms with E-state index < -0.39 is 25.1 Å². The lowest BCUT2D eigenvalue weighted by Crippen LogP contribution is -2.42. The number of benzene rings is 3. The topological polar surface area (TPSA) is 90.0 Å². The Hall–Kier alpha value is -2.59. The molecule has 1 aliphatic rings. The van der Waals surface area contributed by atoms with Crippen molar-refractivity contribution < 1.29 is 26.3 Å². The van der Waals surface area contributed by atoms with E-state index in [2.05, 4.69) is 0 Å². The number of methoxy groups -OCH3 is 1. The van der Waals surface area contributed by atoms with Gasteiger partial charge in [0, 0.05) is 13.1 Å². The van der Waals surface area contributed by atoms with Crippen molar-refractivity contribution in [3.63, 3.8) is 0 Å². The maximum absolute atomic E-state index is 13.1. The summed E-state index contributed by atoms with van der Waals surface area (Å²) in [5, 5.41) is -0.189. The van der Waals surface area contributed by atoms with Gasteiger partial charge >= 0.3 is 0 Å². The molecule has 3 aromatic rings. The fraction of sp³-hybridized carbons (Fsp3) is 0.250. The molecule has 0 aromatic heterocycles. The Labute approximate surface area is 204 Å². The normalized spacial score (nSPS) is 15.7. The van der Waals surface area contributed by atoms with Gasteiger partial charge in [0.05, 0.1) is 27.2 Å². The Balaban J connectivity index is 1.42. The number of sulfone groups is 1. The van der Waals surface area contributed by atoms with Crippen LogP contribution in [-0.4, -0.2) is 46.6 Å². The van der Waals surface area contributed by atoms with Gasteiger partial charge in [-0.05, 0) is 73.5 Å². The van der Waals surface area contributed by atoms with Gasteiger partial charge in [-0.15, -0.1) is 0 Å². The molecule has 1 fully saturated rings. The fourth-order valence-electron chi connectivity index (χ4n) is 3.82. The van der Waals surface area contributed by atoms with Gasteiger partial charge in [-0.2, -0.15) is 4.31 Å². The second-order valence-electron chi connectivity index (χ2n) is 7.83. The van der Waals surface area contributed by atoms with Crippen LogP contribution in [-0.2, 0) is 19.9 Å². The summed E-state index contributed by atoms with van der Waals surface area (Å²) < 4.78 is 64.3. The Morgan fingerprint density at radius 1 is 0.794 bits per heavy atom. The number of rotatable bonds is 7. The molecule has 0 aliphatic carbocycles. The minimum Gasteiger partial charge on any atom is -0.497 e. The van der Waals surface area contributed by atoms with E-state index >= 15 is 0 Å². The third-order valence-electron chi connectivity index (χ3n) is 5.75. The Bertz CT molecular complexity index is 1350. The highest BCUT2D eigenvalue weighted by Gasteiger charge is 2.35. The zero-order valence-corrected chi connectivity index (χ0v) is 20.8. The first kappa shape index (κ1) is 24.5. The highest BCUT2D eigenvalue weighted by atomic mass is 35.5. The second-order valence-corrected chi connectivity index (χ2v) is 12.4. The largest absolute Gasteiger partial charge is 0.497 e. The van der Waals surface area contributed by atoms with E-state index in [9.17, 15) is 16.8 Å². The van der Waals surface area contributed by atoms with E-state index in [0.29, 0.717) is 22.3 Å². The van der Waals surface area contributed by atoms with Crippen molar-refractivity contribution in [2.75, 3.05) is 20.2 Å². The van der Waals surface area contributed by atoms with Crippen LogP contribution in [0.3, 0.4) is 0 Å². The summed E-state index contributed by atoms with van der Waals surface area (Å²) in [6, 6.07) is 19.3. The molecular formula is C24H24ClNO6S2. The van der Waals surface area contributed by atoms with Gasteiger partial charge in [0.1, 0.15) is 17.2 Å². The third kappa shape index (κ3) is 5.07. The Morgan fingerprint density at radius 3 is 1.94 bits per heavy atom. The van der Waals surface area contributed by atoms with E-state index in [1.165, 1.54) is 35.7 Å². The summed E-state index contributed by atoms with van der Waals surface area (Å²) in [6.45, 7) is 0.251. The van der Waals surface area contributed by atoms with Crippen LogP contribution >= 0.6 is 11.6 Å². The molecule has 1 aliphatic heterocycles. The quantitative estimate of drug-likeness (QED) is 0.445. The second kappa shape index (κ2) is 9.95. The molecule has 0 saturated carbocycles. The van der Waals surface area contributed by atoms with Gasteiger partial charge in [0.25, 0.3) is 0 Å². The first-order valence-corrected chi connectivity index (χ1v) is 14.0. The summed E-state index contributed by atoms with van der Waals surface area (Å²) in [5.41, 5.74) is 0. The van der Waals surface area contributed by atoms with E-state index in [4.69, 9.17) is 21.1 Å². The number of piperidine rings is 1. The van der Waals surface area contributed by atoms with Crippen molar-refractivity contribution >= 4 is 31.5 Å². The van der Waals surface area contributed by atoms with E-state index in [1.54, 1.807) is 48.5 Å². The molecule has 0 radical (unpaired) electrons. The summed E-state index contributed by atoms with van der Waals surface area (Å²) in [4.78, 5) is 0.333. The molecule has 0 unspecified atom stereocenters. The molecule has 34 heavy (non-hydrogen) atoms. The molecule has 4 rings (SSSR count). The fourth-order valence-corrected chi connectivity index (χ4v) is 7.20. The SMILES string of the molecule is COc1ccc(S(=O)(=O)C2CCN(S(=O)(=O)c3ccc(Oc4ccccc4Cl)cc3)CC2)cc1. The van der Waals surface area contributed by atoms with Gasteiger partial charge in [-0.3, -0.25) is 0 Å². The van der Waals surface area contributed by atoms with Gasteiger partial charge in [-0.25, -0.2) is 16.8 Å². The van der Waals surface area contributed by atoms with Crippen molar-refractivity contribution in [3.05, 3.63) is 77.8 Å². The lowest BCUT2D eigenvalue weighted by atomic mass is 10.2. The molecule has 1 saturated heterocycles. The smallest absolute Gasteiger partial charge is 0.243 e. The highest BCUT2D eigenvalue weighted by Crippen LogP contribution is 2.31. The van der Waals surface area contributed by atoms with Crippen LogP contribution in [0, 0.1) is 0 Å². The molecule has 0 amide bonds. The molecule has 7 nitrogen and oxygen atoms in total. The number of hydrogen-bond acceptors (Lipinski definition) is 6. The van der Waals surface area contributed by atoms with E-state index in [-0.39, 0.29) is 35.7 Å². The predicted octanol–water partition coefficient (Wildman–Crippen LogP) is 4.77. The number of para-hydroxylation sites is 1.